The zero-order valence-electron chi connectivity index (χ0n) is 10.2. The zero-order valence-corrected chi connectivity index (χ0v) is 11.8. The third-order valence-electron chi connectivity index (χ3n) is 2.98. The number of benzene rings is 2. The van der Waals surface area contributed by atoms with Crippen LogP contribution >= 0.6 is 15.9 Å². The van der Waals surface area contributed by atoms with E-state index in [4.69, 9.17) is 0 Å². The average molecular weight is 307 g/mol. The van der Waals surface area contributed by atoms with Crippen LogP contribution in [-0.4, -0.2) is 5.33 Å². The van der Waals surface area contributed by atoms with Gasteiger partial charge in [0.25, 0.3) is 0 Å². The van der Waals surface area contributed by atoms with Crippen molar-refractivity contribution in [3.05, 3.63) is 59.9 Å². The fourth-order valence-corrected chi connectivity index (χ4v) is 2.33. The molecule has 0 saturated carbocycles. The van der Waals surface area contributed by atoms with Crippen LogP contribution in [0.3, 0.4) is 0 Å². The van der Waals surface area contributed by atoms with Crippen LogP contribution in [-0.2, 0) is 6.42 Å². The molecule has 0 heterocycles. The maximum Gasteiger partial charge on any atom is 0.123 e. The van der Waals surface area contributed by atoms with Gasteiger partial charge in [0.2, 0.25) is 0 Å². The highest BCUT2D eigenvalue weighted by Crippen LogP contribution is 2.20. The van der Waals surface area contributed by atoms with Crippen molar-refractivity contribution in [2.75, 3.05) is 5.33 Å². The number of rotatable bonds is 5. The molecule has 2 aromatic carbocycles. The lowest BCUT2D eigenvalue weighted by molar-refractivity contribution is 0.628. The number of hydrogen-bond donors (Lipinski definition) is 0. The molecule has 0 aromatic heterocycles. The van der Waals surface area contributed by atoms with E-state index >= 15 is 0 Å². The molecule has 0 amide bonds. The van der Waals surface area contributed by atoms with Crippen molar-refractivity contribution in [3.8, 4) is 11.1 Å². The van der Waals surface area contributed by atoms with E-state index in [2.05, 4.69) is 40.2 Å². The maximum absolute atomic E-state index is 12.8. The molecule has 0 nitrogen and oxygen atoms in total. The van der Waals surface area contributed by atoms with Crippen molar-refractivity contribution in [2.24, 2.45) is 0 Å². The van der Waals surface area contributed by atoms with Crippen LogP contribution in [0.5, 0.6) is 0 Å². The van der Waals surface area contributed by atoms with Gasteiger partial charge in [-0.2, -0.15) is 0 Å². The highest BCUT2D eigenvalue weighted by Gasteiger charge is 1.99. The zero-order chi connectivity index (χ0) is 12.8. The molecule has 0 unspecified atom stereocenters. The Kier molecular flexibility index (Phi) is 4.94. The Morgan fingerprint density at radius 1 is 0.778 bits per heavy atom. The van der Waals surface area contributed by atoms with Crippen molar-refractivity contribution < 1.29 is 4.39 Å². The van der Waals surface area contributed by atoms with E-state index in [9.17, 15) is 4.39 Å². The first-order valence-electron chi connectivity index (χ1n) is 6.20. The van der Waals surface area contributed by atoms with Crippen LogP contribution in [0.25, 0.3) is 11.1 Å². The summed E-state index contributed by atoms with van der Waals surface area (Å²) in [7, 11) is 0. The summed E-state index contributed by atoms with van der Waals surface area (Å²) in [6.07, 6.45) is 3.54. The van der Waals surface area contributed by atoms with Gasteiger partial charge in [-0.3, -0.25) is 0 Å². The molecule has 2 heteroatoms. The Morgan fingerprint density at radius 3 is 1.89 bits per heavy atom. The van der Waals surface area contributed by atoms with Crippen molar-refractivity contribution in [3.63, 3.8) is 0 Å². The van der Waals surface area contributed by atoms with E-state index in [-0.39, 0.29) is 5.82 Å². The van der Waals surface area contributed by atoms with Gasteiger partial charge in [-0.25, -0.2) is 4.39 Å². The molecular formula is C16H16BrF. The lowest BCUT2D eigenvalue weighted by Gasteiger charge is -2.04. The molecule has 0 spiro atoms. The van der Waals surface area contributed by atoms with Crippen LogP contribution in [0.4, 0.5) is 4.39 Å². The molecular weight excluding hydrogens is 291 g/mol. The third-order valence-corrected chi connectivity index (χ3v) is 3.54. The second kappa shape index (κ2) is 6.69. The molecule has 94 valence electrons. The standard InChI is InChI=1S/C16H16BrF/c17-12-2-1-3-13-4-6-14(7-5-13)15-8-10-16(18)11-9-15/h4-11H,1-3,12H2. The number of hydrogen-bond acceptors (Lipinski definition) is 0. The van der Waals surface area contributed by atoms with Gasteiger partial charge in [-0.05, 0) is 48.1 Å². The minimum Gasteiger partial charge on any atom is -0.207 e. The van der Waals surface area contributed by atoms with Gasteiger partial charge in [0.05, 0.1) is 0 Å². The summed E-state index contributed by atoms with van der Waals surface area (Å²) in [5.74, 6) is -0.190. The number of aryl methyl sites for hydroxylation is 1. The predicted molar refractivity (Wildman–Crippen MR) is 78.6 cm³/mol. The average Bonchev–Trinajstić information content (AvgIpc) is 2.41. The van der Waals surface area contributed by atoms with E-state index in [0.717, 1.165) is 22.9 Å². The van der Waals surface area contributed by atoms with Crippen LogP contribution in [0.2, 0.25) is 0 Å². The number of unbranched alkanes of at least 4 members (excludes halogenated alkanes) is 1. The summed E-state index contributed by atoms with van der Waals surface area (Å²) in [6, 6.07) is 15.2. The SMILES string of the molecule is Fc1ccc(-c2ccc(CCCCBr)cc2)cc1. The van der Waals surface area contributed by atoms with Crippen molar-refractivity contribution >= 4 is 15.9 Å². The predicted octanol–water partition coefficient (Wildman–Crippen LogP) is 5.21. The van der Waals surface area contributed by atoms with Gasteiger partial charge in [0, 0.05) is 5.33 Å². The maximum atomic E-state index is 12.8. The largest absolute Gasteiger partial charge is 0.207 e. The molecule has 0 fully saturated rings. The molecule has 0 aliphatic rings. The molecule has 0 aliphatic carbocycles. The van der Waals surface area contributed by atoms with Crippen molar-refractivity contribution in [1.29, 1.82) is 0 Å². The molecule has 0 saturated heterocycles. The van der Waals surface area contributed by atoms with Crippen LogP contribution in [0.1, 0.15) is 18.4 Å². The highest BCUT2D eigenvalue weighted by atomic mass is 79.9. The molecule has 2 rings (SSSR count). The first-order chi connectivity index (χ1) is 8.79. The second-order valence-electron chi connectivity index (χ2n) is 4.35. The van der Waals surface area contributed by atoms with Crippen LogP contribution < -0.4 is 0 Å². The van der Waals surface area contributed by atoms with E-state index in [0.29, 0.717) is 0 Å². The van der Waals surface area contributed by atoms with Gasteiger partial charge in [-0.15, -0.1) is 0 Å². The summed E-state index contributed by atoms with van der Waals surface area (Å²) in [4.78, 5) is 0. The van der Waals surface area contributed by atoms with Gasteiger partial charge < -0.3 is 0 Å². The molecule has 0 N–H and O–H groups in total. The smallest absolute Gasteiger partial charge is 0.123 e. The van der Waals surface area contributed by atoms with E-state index in [1.165, 1.54) is 30.5 Å². The van der Waals surface area contributed by atoms with Crippen LogP contribution in [0.15, 0.2) is 48.5 Å². The van der Waals surface area contributed by atoms with Gasteiger partial charge in [0.1, 0.15) is 5.82 Å². The topological polar surface area (TPSA) is 0 Å². The first kappa shape index (κ1) is 13.3. The Hall–Kier alpha value is -1.15. The Morgan fingerprint density at radius 2 is 1.33 bits per heavy atom. The number of halogens is 2. The molecule has 2 aromatic rings. The fourth-order valence-electron chi connectivity index (χ4n) is 1.93. The fraction of sp³-hybridized carbons (Fsp3) is 0.250. The van der Waals surface area contributed by atoms with E-state index in [1.54, 1.807) is 0 Å². The Bertz CT molecular complexity index is 473. The van der Waals surface area contributed by atoms with Crippen molar-refractivity contribution in [1.82, 2.24) is 0 Å². The van der Waals surface area contributed by atoms with E-state index < -0.39 is 0 Å². The minimum absolute atomic E-state index is 0.190. The summed E-state index contributed by atoms with van der Waals surface area (Å²) in [5.41, 5.74) is 3.56. The third kappa shape index (κ3) is 3.67. The first-order valence-corrected chi connectivity index (χ1v) is 7.32. The second-order valence-corrected chi connectivity index (χ2v) is 5.14. The summed E-state index contributed by atoms with van der Waals surface area (Å²) in [6.45, 7) is 0. The van der Waals surface area contributed by atoms with Gasteiger partial charge >= 0.3 is 0 Å². The molecule has 0 bridgehead atoms. The monoisotopic (exact) mass is 306 g/mol. The Balaban J connectivity index is 2.05. The Labute approximate surface area is 116 Å². The van der Waals surface area contributed by atoms with Gasteiger partial charge in [-0.1, -0.05) is 52.3 Å². The molecule has 18 heavy (non-hydrogen) atoms. The lowest BCUT2D eigenvalue weighted by Crippen LogP contribution is -1.86. The summed E-state index contributed by atoms with van der Waals surface area (Å²) in [5, 5.41) is 1.07. The van der Waals surface area contributed by atoms with Crippen molar-refractivity contribution in [2.45, 2.75) is 19.3 Å². The lowest BCUT2D eigenvalue weighted by atomic mass is 10.0. The highest BCUT2D eigenvalue weighted by molar-refractivity contribution is 9.09. The normalized spacial score (nSPS) is 10.6. The minimum atomic E-state index is -0.190. The van der Waals surface area contributed by atoms with Gasteiger partial charge in [0.15, 0.2) is 0 Å². The molecule has 0 atom stereocenters. The van der Waals surface area contributed by atoms with E-state index in [1.807, 2.05) is 12.1 Å². The quantitative estimate of drug-likeness (QED) is 0.525. The van der Waals surface area contributed by atoms with Crippen LogP contribution in [0, 0.1) is 5.82 Å². The molecule has 0 aliphatic heterocycles. The summed E-state index contributed by atoms with van der Waals surface area (Å²) < 4.78 is 12.8. The summed E-state index contributed by atoms with van der Waals surface area (Å²) >= 11 is 3.44. The molecule has 0 radical (unpaired) electrons. The number of alkyl halides is 1.